The summed E-state index contributed by atoms with van der Waals surface area (Å²) in [4.78, 5) is 13.9. The van der Waals surface area contributed by atoms with Crippen molar-refractivity contribution in [2.75, 3.05) is 32.6 Å². The molecule has 0 spiro atoms. The number of nitrogens with zero attached hydrogens (tertiary/aromatic N) is 1. The number of aliphatic hydroxyl groups excluding tert-OH is 1. The number of aliphatic hydroxyl groups is 1. The highest BCUT2D eigenvalue weighted by Crippen LogP contribution is 2.17. The highest BCUT2D eigenvalue weighted by Gasteiger charge is 2.08. The van der Waals surface area contributed by atoms with Gasteiger partial charge in [0.05, 0.1) is 0 Å². The molecule has 0 aliphatic rings. The Kier molecular flexibility index (Phi) is 6.28. The predicted molar refractivity (Wildman–Crippen MR) is 90.9 cm³/mol. The van der Waals surface area contributed by atoms with E-state index in [2.05, 4.69) is 5.32 Å². The van der Waals surface area contributed by atoms with E-state index < -0.39 is 6.10 Å². The van der Waals surface area contributed by atoms with Crippen LogP contribution < -0.4 is 10.1 Å². The zero-order chi connectivity index (χ0) is 17.5. The lowest BCUT2D eigenvalue weighted by Crippen LogP contribution is -2.30. The molecule has 1 atom stereocenters. The third-order valence-electron chi connectivity index (χ3n) is 3.24. The number of rotatable bonds is 7. The minimum absolute atomic E-state index is 0.194. The second kappa shape index (κ2) is 8.42. The average Bonchev–Trinajstić information content (AvgIpc) is 2.54. The van der Waals surface area contributed by atoms with Gasteiger partial charge in [-0.15, -0.1) is 0 Å². The molecule has 0 bridgehead atoms. The fourth-order valence-corrected chi connectivity index (χ4v) is 2.11. The lowest BCUT2D eigenvalue weighted by Gasteiger charge is -2.16. The Morgan fingerprint density at radius 1 is 1.17 bits per heavy atom. The van der Waals surface area contributed by atoms with Crippen molar-refractivity contribution in [2.24, 2.45) is 0 Å². The molecule has 6 heteroatoms. The molecule has 0 heterocycles. The van der Waals surface area contributed by atoms with E-state index in [4.69, 9.17) is 4.74 Å². The zero-order valence-electron chi connectivity index (χ0n) is 13.7. The monoisotopic (exact) mass is 332 g/mol. The summed E-state index contributed by atoms with van der Waals surface area (Å²) in [6, 6.07) is 12.2. The van der Waals surface area contributed by atoms with Gasteiger partial charge in [-0.2, -0.15) is 0 Å². The first-order chi connectivity index (χ1) is 11.4. The van der Waals surface area contributed by atoms with Crippen LogP contribution in [0.1, 0.15) is 10.4 Å². The van der Waals surface area contributed by atoms with Crippen molar-refractivity contribution >= 4 is 11.6 Å². The Labute approximate surface area is 140 Å². The normalized spacial score (nSPS) is 12.0. The fraction of sp³-hybridized carbons (Fsp3) is 0.278. The van der Waals surface area contributed by atoms with Gasteiger partial charge in [-0.05, 0) is 62.6 Å². The number of anilines is 1. The number of amides is 1. The van der Waals surface area contributed by atoms with Gasteiger partial charge in [0.2, 0.25) is 0 Å². The van der Waals surface area contributed by atoms with E-state index in [1.807, 2.05) is 19.0 Å². The number of nitrogens with one attached hydrogen (secondary N) is 1. The van der Waals surface area contributed by atoms with Crippen LogP contribution >= 0.6 is 0 Å². The Bertz CT molecular complexity index is 657. The van der Waals surface area contributed by atoms with Gasteiger partial charge in [0.15, 0.2) is 0 Å². The molecule has 2 rings (SSSR count). The van der Waals surface area contributed by atoms with Crippen molar-refractivity contribution in [2.45, 2.75) is 6.10 Å². The number of likely N-dealkylation sites (N-methyl/N-ethyl adjacent to an activating group) is 1. The van der Waals surface area contributed by atoms with Gasteiger partial charge in [0.25, 0.3) is 5.91 Å². The molecule has 1 amide bonds. The number of halogens is 1. The molecular weight excluding hydrogens is 311 g/mol. The maximum Gasteiger partial charge on any atom is 0.255 e. The maximum atomic E-state index is 12.9. The van der Waals surface area contributed by atoms with Crippen LogP contribution in [-0.2, 0) is 0 Å². The topological polar surface area (TPSA) is 61.8 Å². The van der Waals surface area contributed by atoms with Crippen LogP contribution in [0.3, 0.4) is 0 Å². The van der Waals surface area contributed by atoms with Crippen LogP contribution in [-0.4, -0.2) is 49.3 Å². The lowest BCUT2D eigenvalue weighted by molar-refractivity contribution is 0.0831. The molecule has 0 saturated carbocycles. The zero-order valence-corrected chi connectivity index (χ0v) is 13.7. The maximum absolute atomic E-state index is 12.9. The molecule has 0 fully saturated rings. The molecule has 0 aliphatic carbocycles. The third kappa shape index (κ3) is 5.64. The summed E-state index contributed by atoms with van der Waals surface area (Å²) < 4.78 is 18.3. The summed E-state index contributed by atoms with van der Waals surface area (Å²) in [7, 11) is 3.75. The van der Waals surface area contributed by atoms with Crippen molar-refractivity contribution in [1.29, 1.82) is 0 Å². The van der Waals surface area contributed by atoms with E-state index in [1.54, 1.807) is 24.3 Å². The standard InChI is InChI=1S/C18H21FN2O3/c1-21(2)11-16(22)12-24-17-9-7-15(8-10-17)20-18(23)13-3-5-14(19)6-4-13/h3-10,16,22H,11-12H2,1-2H3,(H,20,23). The van der Waals surface area contributed by atoms with Gasteiger partial charge in [-0.3, -0.25) is 4.79 Å². The van der Waals surface area contributed by atoms with Gasteiger partial charge in [0.1, 0.15) is 24.3 Å². The van der Waals surface area contributed by atoms with Gasteiger partial charge < -0.3 is 20.1 Å². The van der Waals surface area contributed by atoms with Gasteiger partial charge in [-0.1, -0.05) is 0 Å². The van der Waals surface area contributed by atoms with Crippen LogP contribution in [0.15, 0.2) is 48.5 Å². The van der Waals surface area contributed by atoms with Gasteiger partial charge in [-0.25, -0.2) is 4.39 Å². The Balaban J connectivity index is 1.87. The molecule has 2 N–H and O–H groups in total. The average molecular weight is 332 g/mol. The summed E-state index contributed by atoms with van der Waals surface area (Å²) >= 11 is 0. The fourth-order valence-electron chi connectivity index (χ4n) is 2.11. The molecule has 0 radical (unpaired) electrons. The molecule has 128 valence electrons. The van der Waals surface area contributed by atoms with E-state index in [-0.39, 0.29) is 18.3 Å². The molecule has 24 heavy (non-hydrogen) atoms. The Hall–Kier alpha value is -2.44. The highest BCUT2D eigenvalue weighted by molar-refractivity contribution is 6.04. The summed E-state index contributed by atoms with van der Waals surface area (Å²) in [5.74, 6) is -0.0952. The SMILES string of the molecule is CN(C)CC(O)COc1ccc(NC(=O)c2ccc(F)cc2)cc1. The van der Waals surface area contributed by atoms with E-state index in [9.17, 15) is 14.3 Å². The quantitative estimate of drug-likeness (QED) is 0.817. The number of ether oxygens (including phenoxy) is 1. The largest absolute Gasteiger partial charge is 0.491 e. The minimum atomic E-state index is -0.571. The van der Waals surface area contributed by atoms with Crippen molar-refractivity contribution in [3.8, 4) is 5.75 Å². The molecular formula is C18H21FN2O3. The number of hydrogen-bond acceptors (Lipinski definition) is 4. The summed E-state index contributed by atoms with van der Waals surface area (Å²) in [6.07, 6.45) is -0.571. The van der Waals surface area contributed by atoms with Crippen LogP contribution in [0.4, 0.5) is 10.1 Å². The van der Waals surface area contributed by atoms with E-state index in [0.29, 0.717) is 23.5 Å². The third-order valence-corrected chi connectivity index (χ3v) is 3.24. The minimum Gasteiger partial charge on any atom is -0.491 e. The first-order valence-corrected chi connectivity index (χ1v) is 7.56. The first-order valence-electron chi connectivity index (χ1n) is 7.56. The van der Waals surface area contributed by atoms with Crippen molar-refractivity contribution in [1.82, 2.24) is 4.90 Å². The summed E-state index contributed by atoms with van der Waals surface area (Å²) in [5.41, 5.74) is 0.981. The first kappa shape index (κ1) is 17.9. The molecule has 0 saturated heterocycles. The second-order valence-corrected chi connectivity index (χ2v) is 5.71. The van der Waals surface area contributed by atoms with Crippen molar-refractivity contribution in [3.63, 3.8) is 0 Å². The number of carbonyl (C=O) groups excluding carboxylic acids is 1. The summed E-state index contributed by atoms with van der Waals surface area (Å²) in [6.45, 7) is 0.714. The van der Waals surface area contributed by atoms with E-state index in [1.165, 1.54) is 24.3 Å². The smallest absolute Gasteiger partial charge is 0.255 e. The highest BCUT2D eigenvalue weighted by atomic mass is 19.1. The van der Waals surface area contributed by atoms with Crippen LogP contribution in [0, 0.1) is 5.82 Å². The predicted octanol–water partition coefficient (Wildman–Crippen LogP) is 2.38. The molecule has 0 aliphatic heterocycles. The Morgan fingerprint density at radius 2 is 1.79 bits per heavy atom. The Morgan fingerprint density at radius 3 is 2.38 bits per heavy atom. The molecule has 2 aromatic carbocycles. The molecule has 5 nitrogen and oxygen atoms in total. The summed E-state index contributed by atoms with van der Waals surface area (Å²) in [5, 5.41) is 12.5. The van der Waals surface area contributed by atoms with Crippen LogP contribution in [0.5, 0.6) is 5.75 Å². The van der Waals surface area contributed by atoms with Crippen molar-refractivity contribution in [3.05, 3.63) is 59.9 Å². The van der Waals surface area contributed by atoms with Crippen LogP contribution in [0.2, 0.25) is 0 Å². The second-order valence-electron chi connectivity index (χ2n) is 5.71. The number of carbonyl (C=O) groups is 1. The number of benzene rings is 2. The van der Waals surface area contributed by atoms with Gasteiger partial charge >= 0.3 is 0 Å². The van der Waals surface area contributed by atoms with E-state index >= 15 is 0 Å². The number of hydrogen-bond donors (Lipinski definition) is 2. The van der Waals surface area contributed by atoms with Gasteiger partial charge in [0, 0.05) is 17.8 Å². The van der Waals surface area contributed by atoms with E-state index in [0.717, 1.165) is 0 Å². The molecule has 1 unspecified atom stereocenters. The van der Waals surface area contributed by atoms with Crippen molar-refractivity contribution < 1.29 is 19.0 Å². The lowest BCUT2D eigenvalue weighted by atomic mass is 10.2. The molecule has 2 aromatic rings. The molecule has 0 aromatic heterocycles. The van der Waals surface area contributed by atoms with Crippen LogP contribution in [0.25, 0.3) is 0 Å².